The van der Waals surface area contributed by atoms with Crippen molar-refractivity contribution in [3.63, 3.8) is 0 Å². The van der Waals surface area contributed by atoms with Gasteiger partial charge in [-0.3, -0.25) is 0 Å². The number of nitrogens with one attached hydrogen (secondary N) is 1. The Labute approximate surface area is 79.2 Å². The van der Waals surface area contributed by atoms with Crippen LogP contribution in [0.15, 0.2) is 24.3 Å². The van der Waals surface area contributed by atoms with Crippen molar-refractivity contribution < 1.29 is 0 Å². The van der Waals surface area contributed by atoms with Crippen LogP contribution >= 0.6 is 0 Å². The van der Waals surface area contributed by atoms with Gasteiger partial charge in [0.05, 0.1) is 11.6 Å². The Morgan fingerprint density at radius 2 is 2.15 bits per heavy atom. The van der Waals surface area contributed by atoms with Crippen LogP contribution in [0.5, 0.6) is 0 Å². The second-order valence-electron chi connectivity index (χ2n) is 2.98. The maximum absolute atomic E-state index is 8.81. The van der Waals surface area contributed by atoms with Crippen LogP contribution in [0, 0.1) is 11.3 Å². The zero-order valence-electron chi connectivity index (χ0n) is 7.88. The molecule has 1 aromatic carbocycles. The molecule has 0 spiro atoms. The molecule has 68 valence electrons. The minimum Gasteiger partial charge on any atom is -0.320 e. The summed E-state index contributed by atoms with van der Waals surface area (Å²) < 4.78 is 0. The average Bonchev–Trinajstić information content (AvgIpc) is 2.19. The quantitative estimate of drug-likeness (QED) is 0.705. The van der Waals surface area contributed by atoms with E-state index in [4.69, 9.17) is 5.26 Å². The molecule has 0 aliphatic heterocycles. The molecule has 0 heterocycles. The van der Waals surface area contributed by atoms with Gasteiger partial charge in [-0.1, -0.05) is 18.2 Å². The molecule has 0 saturated carbocycles. The van der Waals surface area contributed by atoms with Crippen LogP contribution in [0.25, 0.3) is 0 Å². The molecule has 0 fully saturated rings. The summed E-state index contributed by atoms with van der Waals surface area (Å²) in [5, 5.41) is 11.9. The molecule has 1 aromatic rings. The van der Waals surface area contributed by atoms with Gasteiger partial charge in [0.1, 0.15) is 0 Å². The van der Waals surface area contributed by atoms with Gasteiger partial charge in [0, 0.05) is 0 Å². The number of hydrogen-bond donors (Lipinski definition) is 1. The fourth-order valence-electron chi connectivity index (χ4n) is 1.30. The number of nitrogens with zero attached hydrogens (tertiary/aromatic N) is 1. The van der Waals surface area contributed by atoms with Gasteiger partial charge in [-0.25, -0.2) is 0 Å². The normalized spacial score (nSPS) is 9.54. The van der Waals surface area contributed by atoms with Crippen LogP contribution in [0.1, 0.15) is 17.5 Å². The summed E-state index contributed by atoms with van der Waals surface area (Å²) in [6.45, 7) is 1.000. The summed E-state index contributed by atoms with van der Waals surface area (Å²) in [6, 6.07) is 9.98. The summed E-state index contributed by atoms with van der Waals surface area (Å²) in [6.07, 6.45) is 2.06. The minimum absolute atomic E-state index is 0.804. The lowest BCUT2D eigenvalue weighted by atomic mass is 10.0. The predicted octanol–water partition coefficient (Wildman–Crippen LogP) is 1.71. The van der Waals surface area contributed by atoms with Crippen molar-refractivity contribution in [2.45, 2.75) is 12.8 Å². The monoisotopic (exact) mass is 174 g/mol. The topological polar surface area (TPSA) is 35.8 Å². The van der Waals surface area contributed by atoms with Crippen molar-refractivity contribution >= 4 is 0 Å². The fourth-order valence-corrected chi connectivity index (χ4v) is 1.30. The summed E-state index contributed by atoms with van der Waals surface area (Å²) in [4.78, 5) is 0. The van der Waals surface area contributed by atoms with E-state index < -0.39 is 0 Å². The zero-order chi connectivity index (χ0) is 9.52. The van der Waals surface area contributed by atoms with Crippen LogP contribution in [0.2, 0.25) is 0 Å². The van der Waals surface area contributed by atoms with E-state index in [2.05, 4.69) is 11.4 Å². The molecule has 1 rings (SSSR count). The molecule has 0 aromatic heterocycles. The van der Waals surface area contributed by atoms with Gasteiger partial charge in [-0.2, -0.15) is 5.26 Å². The highest BCUT2D eigenvalue weighted by Crippen LogP contribution is 2.09. The Hall–Kier alpha value is -1.33. The standard InChI is InChI=1S/C11H14N2/c1-13-8-4-7-10-5-2-3-6-11(10)9-12/h2-3,5-6,13H,4,7-8H2,1H3. The van der Waals surface area contributed by atoms with Crippen LogP contribution in [-0.2, 0) is 6.42 Å². The van der Waals surface area contributed by atoms with Gasteiger partial charge in [-0.05, 0) is 38.1 Å². The van der Waals surface area contributed by atoms with Crippen LogP contribution in [0.4, 0.5) is 0 Å². The van der Waals surface area contributed by atoms with Crippen molar-refractivity contribution in [3.05, 3.63) is 35.4 Å². The third-order valence-corrected chi connectivity index (χ3v) is 2.01. The molecule has 2 nitrogen and oxygen atoms in total. The summed E-state index contributed by atoms with van der Waals surface area (Å²) in [5.41, 5.74) is 1.96. The second kappa shape index (κ2) is 5.34. The number of hydrogen-bond acceptors (Lipinski definition) is 2. The van der Waals surface area contributed by atoms with Crippen molar-refractivity contribution in [2.24, 2.45) is 0 Å². The van der Waals surface area contributed by atoms with E-state index in [1.54, 1.807) is 0 Å². The van der Waals surface area contributed by atoms with Crippen molar-refractivity contribution in [1.82, 2.24) is 5.32 Å². The van der Waals surface area contributed by atoms with Crippen LogP contribution < -0.4 is 5.32 Å². The van der Waals surface area contributed by atoms with Gasteiger partial charge >= 0.3 is 0 Å². The minimum atomic E-state index is 0.804. The first-order chi connectivity index (χ1) is 6.38. The van der Waals surface area contributed by atoms with Crippen LogP contribution in [0.3, 0.4) is 0 Å². The van der Waals surface area contributed by atoms with E-state index in [9.17, 15) is 0 Å². The Bertz CT molecular complexity index is 299. The Balaban J connectivity index is 2.60. The van der Waals surface area contributed by atoms with Gasteiger partial charge in [0.2, 0.25) is 0 Å². The van der Waals surface area contributed by atoms with Gasteiger partial charge < -0.3 is 5.32 Å². The number of aryl methyl sites for hydroxylation is 1. The number of rotatable bonds is 4. The van der Waals surface area contributed by atoms with E-state index >= 15 is 0 Å². The first kappa shape index (κ1) is 9.76. The first-order valence-electron chi connectivity index (χ1n) is 4.51. The smallest absolute Gasteiger partial charge is 0.0994 e. The third kappa shape index (κ3) is 2.89. The zero-order valence-corrected chi connectivity index (χ0v) is 7.88. The Morgan fingerprint density at radius 3 is 2.85 bits per heavy atom. The summed E-state index contributed by atoms with van der Waals surface area (Å²) in [5.74, 6) is 0. The maximum atomic E-state index is 8.81. The highest BCUT2D eigenvalue weighted by molar-refractivity contribution is 5.37. The molecule has 0 saturated heterocycles. The van der Waals surface area contributed by atoms with E-state index in [1.807, 2.05) is 31.3 Å². The predicted molar refractivity (Wildman–Crippen MR) is 53.4 cm³/mol. The molecule has 0 atom stereocenters. The highest BCUT2D eigenvalue weighted by Gasteiger charge is 1.98. The van der Waals surface area contributed by atoms with Gasteiger partial charge in [-0.15, -0.1) is 0 Å². The highest BCUT2D eigenvalue weighted by atomic mass is 14.8. The lowest BCUT2D eigenvalue weighted by molar-refractivity contribution is 0.724. The Kier molecular flexibility index (Phi) is 4.01. The molecule has 0 aliphatic carbocycles. The van der Waals surface area contributed by atoms with E-state index in [0.29, 0.717) is 0 Å². The molecule has 0 bridgehead atoms. The van der Waals surface area contributed by atoms with E-state index in [1.165, 1.54) is 0 Å². The Morgan fingerprint density at radius 1 is 1.38 bits per heavy atom. The summed E-state index contributed by atoms with van der Waals surface area (Å²) in [7, 11) is 1.94. The van der Waals surface area contributed by atoms with E-state index in [-0.39, 0.29) is 0 Å². The second-order valence-corrected chi connectivity index (χ2v) is 2.98. The SMILES string of the molecule is CNCCCc1ccccc1C#N. The molecule has 13 heavy (non-hydrogen) atoms. The number of nitriles is 1. The van der Waals surface area contributed by atoms with Crippen molar-refractivity contribution in [2.75, 3.05) is 13.6 Å². The molecule has 0 unspecified atom stereocenters. The van der Waals surface area contributed by atoms with Gasteiger partial charge in [0.25, 0.3) is 0 Å². The number of benzene rings is 1. The fraction of sp³-hybridized carbons (Fsp3) is 0.364. The first-order valence-corrected chi connectivity index (χ1v) is 4.51. The molecule has 2 heteroatoms. The molecular weight excluding hydrogens is 160 g/mol. The van der Waals surface area contributed by atoms with Crippen molar-refractivity contribution in [3.8, 4) is 6.07 Å². The average molecular weight is 174 g/mol. The molecule has 1 N–H and O–H groups in total. The largest absolute Gasteiger partial charge is 0.320 e. The molecular formula is C11H14N2. The van der Waals surface area contributed by atoms with E-state index in [0.717, 1.165) is 30.5 Å². The van der Waals surface area contributed by atoms with Crippen molar-refractivity contribution in [1.29, 1.82) is 5.26 Å². The maximum Gasteiger partial charge on any atom is 0.0994 e. The summed E-state index contributed by atoms with van der Waals surface area (Å²) >= 11 is 0. The molecule has 0 aliphatic rings. The lowest BCUT2D eigenvalue weighted by Gasteiger charge is -2.02. The molecule has 0 radical (unpaired) electrons. The molecule has 0 amide bonds. The van der Waals surface area contributed by atoms with Gasteiger partial charge in [0.15, 0.2) is 0 Å². The third-order valence-electron chi connectivity index (χ3n) is 2.01. The van der Waals surface area contributed by atoms with Crippen LogP contribution in [-0.4, -0.2) is 13.6 Å². The lowest BCUT2D eigenvalue weighted by Crippen LogP contribution is -2.08.